The van der Waals surface area contributed by atoms with Gasteiger partial charge in [-0.15, -0.1) is 0 Å². The molecule has 0 bridgehead atoms. The van der Waals surface area contributed by atoms with Gasteiger partial charge in [0.2, 0.25) is 5.91 Å². The summed E-state index contributed by atoms with van der Waals surface area (Å²) in [6.45, 7) is 7.45. The van der Waals surface area contributed by atoms with Gasteiger partial charge in [-0.2, -0.15) is 5.10 Å². The van der Waals surface area contributed by atoms with Gasteiger partial charge in [-0.05, 0) is 27.2 Å². The smallest absolute Gasteiger partial charge is 0.264 e. The lowest BCUT2D eigenvalue weighted by Crippen LogP contribution is -2.32. The van der Waals surface area contributed by atoms with E-state index in [2.05, 4.69) is 10.4 Å². The van der Waals surface area contributed by atoms with Gasteiger partial charge in [-0.25, -0.2) is 8.42 Å². The molecule has 1 atom stereocenters. The van der Waals surface area contributed by atoms with Crippen molar-refractivity contribution in [2.45, 2.75) is 51.5 Å². The summed E-state index contributed by atoms with van der Waals surface area (Å²) in [6, 6.07) is -0.585. The van der Waals surface area contributed by atoms with Gasteiger partial charge in [0.05, 0.1) is 11.4 Å². The predicted octanol–water partition coefficient (Wildman–Crippen LogP) is 1.90. The molecule has 0 radical (unpaired) electrons. The SMILES string of the molecule is CCCCNC(=O)C(C)n1nc(C)c(S(=O)(=O)Cl)c1C. The third kappa shape index (κ3) is 3.73. The standard InChI is InChI=1S/C12H20ClN3O3S/c1-5-6-7-14-12(17)10(4)16-9(3)11(8(2)15-16)20(13,18)19/h10H,5-7H2,1-4H3,(H,14,17). The molecule has 0 aliphatic heterocycles. The van der Waals surface area contributed by atoms with Gasteiger partial charge in [0.25, 0.3) is 9.05 Å². The Hall–Kier alpha value is -1.08. The molecule has 0 spiro atoms. The molecule has 0 saturated carbocycles. The minimum atomic E-state index is -3.87. The van der Waals surface area contributed by atoms with Crippen molar-refractivity contribution in [1.82, 2.24) is 15.1 Å². The number of nitrogens with one attached hydrogen (secondary N) is 1. The fraction of sp³-hybridized carbons (Fsp3) is 0.667. The lowest BCUT2D eigenvalue weighted by atomic mass is 10.3. The number of unbranched alkanes of at least 4 members (excludes halogenated alkanes) is 1. The van der Waals surface area contributed by atoms with E-state index in [9.17, 15) is 13.2 Å². The molecule has 114 valence electrons. The Balaban J connectivity index is 3.01. The highest BCUT2D eigenvalue weighted by Gasteiger charge is 2.26. The average molecular weight is 322 g/mol. The summed E-state index contributed by atoms with van der Waals surface area (Å²) >= 11 is 0. The third-order valence-electron chi connectivity index (χ3n) is 3.08. The largest absolute Gasteiger partial charge is 0.354 e. The maximum Gasteiger partial charge on any atom is 0.264 e. The fourth-order valence-corrected chi connectivity index (χ4v) is 3.53. The van der Waals surface area contributed by atoms with Crippen LogP contribution >= 0.6 is 10.7 Å². The van der Waals surface area contributed by atoms with Gasteiger partial charge in [-0.1, -0.05) is 13.3 Å². The first-order chi connectivity index (χ1) is 9.20. The molecular formula is C12H20ClN3O3S. The lowest BCUT2D eigenvalue weighted by molar-refractivity contribution is -0.124. The summed E-state index contributed by atoms with van der Waals surface area (Å²) in [5, 5.41) is 6.91. The van der Waals surface area contributed by atoms with E-state index in [1.54, 1.807) is 20.8 Å². The minimum absolute atomic E-state index is 0.0209. The minimum Gasteiger partial charge on any atom is -0.354 e. The number of halogens is 1. The number of nitrogens with zero attached hydrogens (tertiary/aromatic N) is 2. The van der Waals surface area contributed by atoms with Crippen molar-refractivity contribution in [3.63, 3.8) is 0 Å². The average Bonchev–Trinajstić information content (AvgIpc) is 2.63. The first kappa shape index (κ1) is 17.0. The van der Waals surface area contributed by atoms with Crippen molar-refractivity contribution in [1.29, 1.82) is 0 Å². The summed E-state index contributed by atoms with van der Waals surface area (Å²) in [7, 11) is 1.52. The summed E-state index contributed by atoms with van der Waals surface area (Å²) in [4.78, 5) is 12.0. The van der Waals surface area contributed by atoms with Gasteiger partial charge < -0.3 is 5.32 Å². The molecule has 8 heteroatoms. The van der Waals surface area contributed by atoms with Crippen LogP contribution in [0, 0.1) is 13.8 Å². The van der Waals surface area contributed by atoms with Crippen LogP contribution in [-0.4, -0.2) is 30.7 Å². The van der Waals surface area contributed by atoms with Crippen molar-refractivity contribution >= 4 is 25.6 Å². The van der Waals surface area contributed by atoms with Crippen molar-refractivity contribution in [3.8, 4) is 0 Å². The first-order valence-corrected chi connectivity index (χ1v) is 8.79. The van der Waals surface area contributed by atoms with Crippen molar-refractivity contribution < 1.29 is 13.2 Å². The molecule has 1 rings (SSSR count). The first-order valence-electron chi connectivity index (χ1n) is 6.48. The number of carbonyl (C=O) groups is 1. The van der Waals surface area contributed by atoms with Crippen LogP contribution in [0.25, 0.3) is 0 Å². The molecule has 0 aromatic carbocycles. The van der Waals surface area contributed by atoms with E-state index in [4.69, 9.17) is 10.7 Å². The number of amides is 1. The molecule has 0 aliphatic rings. The van der Waals surface area contributed by atoms with Crippen LogP contribution in [0.2, 0.25) is 0 Å². The second-order valence-corrected chi connectivity index (χ2v) is 7.21. The molecule has 1 unspecified atom stereocenters. The van der Waals surface area contributed by atoms with E-state index in [-0.39, 0.29) is 10.8 Å². The Labute approximate surface area is 123 Å². The Bertz CT molecular complexity index is 595. The molecule has 0 saturated heterocycles. The molecule has 20 heavy (non-hydrogen) atoms. The topological polar surface area (TPSA) is 81.1 Å². The molecule has 1 aromatic rings. The van der Waals surface area contributed by atoms with E-state index in [0.717, 1.165) is 12.8 Å². The Kier molecular flexibility index (Phi) is 5.59. The Morgan fingerprint density at radius 3 is 2.50 bits per heavy atom. The highest BCUT2D eigenvalue weighted by Crippen LogP contribution is 2.25. The maximum atomic E-state index is 12.0. The van der Waals surface area contributed by atoms with Gasteiger partial charge in [0.1, 0.15) is 10.9 Å². The van der Waals surface area contributed by atoms with Crippen LogP contribution < -0.4 is 5.32 Å². The van der Waals surface area contributed by atoms with Crippen molar-refractivity contribution in [3.05, 3.63) is 11.4 Å². The van der Waals surface area contributed by atoms with Crippen LogP contribution in [0.3, 0.4) is 0 Å². The molecule has 6 nitrogen and oxygen atoms in total. The van der Waals surface area contributed by atoms with Gasteiger partial charge in [-0.3, -0.25) is 9.48 Å². The van der Waals surface area contributed by atoms with E-state index in [1.165, 1.54) is 4.68 Å². The molecule has 1 amide bonds. The molecule has 1 aromatic heterocycles. The highest BCUT2D eigenvalue weighted by molar-refractivity contribution is 8.13. The van der Waals surface area contributed by atoms with Crippen molar-refractivity contribution in [2.75, 3.05) is 6.54 Å². The normalized spacial score (nSPS) is 13.2. The zero-order valence-electron chi connectivity index (χ0n) is 12.1. The molecular weight excluding hydrogens is 302 g/mol. The monoisotopic (exact) mass is 321 g/mol. The highest BCUT2D eigenvalue weighted by atomic mass is 35.7. The Morgan fingerprint density at radius 2 is 2.05 bits per heavy atom. The molecule has 1 heterocycles. The summed E-state index contributed by atoms with van der Waals surface area (Å²) in [6.07, 6.45) is 1.89. The second-order valence-electron chi connectivity index (χ2n) is 4.70. The predicted molar refractivity (Wildman–Crippen MR) is 77.4 cm³/mol. The van der Waals surface area contributed by atoms with E-state index >= 15 is 0 Å². The zero-order valence-corrected chi connectivity index (χ0v) is 13.7. The lowest BCUT2D eigenvalue weighted by Gasteiger charge is -2.14. The van der Waals surface area contributed by atoms with Gasteiger partial charge >= 0.3 is 0 Å². The fourth-order valence-electron chi connectivity index (χ4n) is 2.02. The van der Waals surface area contributed by atoms with Crippen molar-refractivity contribution in [2.24, 2.45) is 0 Å². The third-order valence-corrected chi connectivity index (χ3v) is 4.62. The molecule has 0 aliphatic carbocycles. The van der Waals surface area contributed by atoms with E-state index in [0.29, 0.717) is 17.9 Å². The maximum absolute atomic E-state index is 12.0. The van der Waals surface area contributed by atoms with Crippen LogP contribution in [0.1, 0.15) is 44.1 Å². The number of carbonyl (C=O) groups excluding carboxylic acids is 1. The summed E-state index contributed by atoms with van der Waals surface area (Å²) in [5.74, 6) is -0.192. The van der Waals surface area contributed by atoms with Gasteiger partial charge in [0.15, 0.2) is 0 Å². The number of hydrogen-bond donors (Lipinski definition) is 1. The Morgan fingerprint density at radius 1 is 1.45 bits per heavy atom. The molecule has 0 fully saturated rings. The van der Waals surface area contributed by atoms with Crippen LogP contribution in [-0.2, 0) is 13.8 Å². The number of aryl methyl sites for hydroxylation is 1. The number of aromatic nitrogens is 2. The molecule has 1 N–H and O–H groups in total. The second kappa shape index (κ2) is 6.58. The summed E-state index contributed by atoms with van der Waals surface area (Å²) in [5.41, 5.74) is 0.668. The van der Waals surface area contributed by atoms with E-state index in [1.807, 2.05) is 6.92 Å². The van der Waals surface area contributed by atoms with Crippen LogP contribution in [0.4, 0.5) is 0 Å². The quantitative estimate of drug-likeness (QED) is 0.641. The van der Waals surface area contributed by atoms with E-state index < -0.39 is 15.1 Å². The van der Waals surface area contributed by atoms with Crippen LogP contribution in [0.5, 0.6) is 0 Å². The van der Waals surface area contributed by atoms with Gasteiger partial charge in [0, 0.05) is 17.2 Å². The number of rotatable bonds is 6. The number of hydrogen-bond acceptors (Lipinski definition) is 4. The zero-order chi connectivity index (χ0) is 15.5. The van der Waals surface area contributed by atoms with Crippen LogP contribution in [0.15, 0.2) is 4.90 Å². The summed E-state index contributed by atoms with van der Waals surface area (Å²) < 4.78 is 24.4.